The Bertz CT molecular complexity index is 800. The lowest BCUT2D eigenvalue weighted by Gasteiger charge is -2.26. The van der Waals surface area contributed by atoms with Crippen LogP contribution in [-0.4, -0.2) is 8.07 Å². The van der Waals surface area contributed by atoms with E-state index in [0.29, 0.717) is 0 Å². The Morgan fingerprint density at radius 2 is 1.45 bits per heavy atom. The van der Waals surface area contributed by atoms with Gasteiger partial charge in [0.2, 0.25) is 0 Å². The van der Waals surface area contributed by atoms with Crippen molar-refractivity contribution in [2.45, 2.75) is 19.5 Å². The third kappa shape index (κ3) is 2.90. The van der Waals surface area contributed by atoms with Crippen molar-refractivity contribution in [3.63, 3.8) is 0 Å². The Balaban J connectivity index is 1.86. The van der Waals surface area contributed by atoms with Crippen LogP contribution in [0, 0.1) is 0 Å². The zero-order chi connectivity index (χ0) is 15.6. The summed E-state index contributed by atoms with van der Waals surface area (Å²) in [5.41, 5.74) is 1.36. The van der Waals surface area contributed by atoms with Gasteiger partial charge in [0, 0.05) is 0 Å². The van der Waals surface area contributed by atoms with Gasteiger partial charge in [0.1, 0.15) is 8.07 Å². The number of benzene rings is 3. The van der Waals surface area contributed by atoms with E-state index in [4.69, 9.17) is 0 Å². The van der Waals surface area contributed by atoms with Crippen LogP contribution >= 0.6 is 0 Å². The molecule has 0 amide bonds. The summed E-state index contributed by atoms with van der Waals surface area (Å²) in [4.78, 5) is 0. The number of rotatable bonds is 4. The minimum atomic E-state index is -1.63. The molecule has 3 aromatic carbocycles. The maximum absolute atomic E-state index is 4.44. The molecule has 0 aliphatic rings. The lowest BCUT2D eigenvalue weighted by atomic mass is 10.1. The van der Waals surface area contributed by atoms with E-state index in [9.17, 15) is 0 Å². The number of allylic oxidation sites excluding steroid dienone is 1. The Morgan fingerprint density at radius 1 is 0.818 bits per heavy atom. The second-order valence-corrected chi connectivity index (χ2v) is 11.0. The van der Waals surface area contributed by atoms with Gasteiger partial charge in [0.15, 0.2) is 0 Å². The van der Waals surface area contributed by atoms with Crippen molar-refractivity contribution in [2.24, 2.45) is 0 Å². The van der Waals surface area contributed by atoms with E-state index in [2.05, 4.69) is 92.5 Å². The average molecular weight is 302 g/mol. The van der Waals surface area contributed by atoms with Crippen LogP contribution < -0.4 is 5.19 Å². The van der Waals surface area contributed by atoms with Gasteiger partial charge in [-0.05, 0) is 22.8 Å². The summed E-state index contributed by atoms with van der Waals surface area (Å²) in [6.07, 6.45) is 0.971. The van der Waals surface area contributed by atoms with Crippen molar-refractivity contribution in [1.82, 2.24) is 0 Å². The molecule has 0 atom stereocenters. The Labute approximate surface area is 134 Å². The van der Waals surface area contributed by atoms with E-state index >= 15 is 0 Å². The summed E-state index contributed by atoms with van der Waals surface area (Å²) in [6, 6.07) is 26.1. The molecule has 0 fully saturated rings. The predicted octanol–water partition coefficient (Wildman–Crippen LogP) is 5.09. The van der Waals surface area contributed by atoms with Crippen LogP contribution in [0.25, 0.3) is 10.8 Å². The monoisotopic (exact) mass is 302 g/mol. The molecule has 0 N–H and O–H groups in total. The van der Waals surface area contributed by atoms with E-state index in [1.807, 2.05) is 0 Å². The molecule has 0 aliphatic carbocycles. The Hall–Kier alpha value is -2.12. The molecule has 1 heteroatoms. The third-order valence-electron chi connectivity index (χ3n) is 4.61. The predicted molar refractivity (Wildman–Crippen MR) is 100 cm³/mol. The van der Waals surface area contributed by atoms with Crippen LogP contribution in [0.5, 0.6) is 0 Å². The number of hydrogen-bond donors (Lipinski definition) is 0. The second kappa shape index (κ2) is 5.94. The molecule has 0 aliphatic heterocycles. The summed E-state index contributed by atoms with van der Waals surface area (Å²) in [7, 11) is -1.63. The van der Waals surface area contributed by atoms with Crippen LogP contribution in [0.1, 0.15) is 5.56 Å². The van der Waals surface area contributed by atoms with Crippen LogP contribution in [0.15, 0.2) is 84.6 Å². The maximum atomic E-state index is 4.44. The molecule has 22 heavy (non-hydrogen) atoms. The first-order valence-corrected chi connectivity index (χ1v) is 10.8. The maximum Gasteiger partial charge on any atom is 0.107 e. The smallest absolute Gasteiger partial charge is 0.103 e. The van der Waals surface area contributed by atoms with E-state index in [-0.39, 0.29) is 0 Å². The summed E-state index contributed by atoms with van der Waals surface area (Å²) in [6.45, 7) is 9.23. The highest BCUT2D eigenvalue weighted by atomic mass is 28.3. The van der Waals surface area contributed by atoms with E-state index in [0.717, 1.165) is 6.42 Å². The minimum Gasteiger partial charge on any atom is -0.103 e. The first kappa shape index (κ1) is 14.8. The van der Waals surface area contributed by atoms with E-state index in [1.165, 1.54) is 26.7 Å². The van der Waals surface area contributed by atoms with Crippen molar-refractivity contribution < 1.29 is 0 Å². The zero-order valence-electron chi connectivity index (χ0n) is 13.3. The Morgan fingerprint density at radius 3 is 2.18 bits per heavy atom. The molecular weight excluding hydrogens is 280 g/mol. The summed E-state index contributed by atoms with van der Waals surface area (Å²) in [5.74, 6) is 0. The normalized spacial score (nSPS) is 11.5. The molecule has 0 nitrogen and oxygen atoms in total. The molecule has 0 saturated heterocycles. The lowest BCUT2D eigenvalue weighted by Crippen LogP contribution is -2.44. The molecule has 3 rings (SSSR count). The van der Waals surface area contributed by atoms with Gasteiger partial charge in [0.25, 0.3) is 0 Å². The van der Waals surface area contributed by atoms with Gasteiger partial charge in [-0.15, -0.1) is 6.58 Å². The van der Waals surface area contributed by atoms with Crippen LogP contribution in [0.2, 0.25) is 13.1 Å². The van der Waals surface area contributed by atoms with Crippen molar-refractivity contribution in [1.29, 1.82) is 0 Å². The van der Waals surface area contributed by atoms with Gasteiger partial charge in [-0.1, -0.05) is 96.3 Å². The molecule has 110 valence electrons. The van der Waals surface area contributed by atoms with Crippen molar-refractivity contribution in [3.8, 4) is 0 Å². The average Bonchev–Trinajstić information content (AvgIpc) is 2.55. The highest BCUT2D eigenvalue weighted by Crippen LogP contribution is 2.21. The Kier molecular flexibility index (Phi) is 3.99. The molecule has 0 aromatic heterocycles. The summed E-state index contributed by atoms with van der Waals surface area (Å²) >= 11 is 0. The number of hydrogen-bond acceptors (Lipinski definition) is 0. The van der Waals surface area contributed by atoms with Crippen molar-refractivity contribution in [2.75, 3.05) is 0 Å². The van der Waals surface area contributed by atoms with Crippen LogP contribution in [0.3, 0.4) is 0 Å². The standard InChI is InChI=1S/C21H22Si/c1-17(22(2,3)21-11-5-4-6-12-21)15-18-13-14-19-9-7-8-10-20(19)16-18/h4-14,16H,1,15H2,2-3H3. The fourth-order valence-electron chi connectivity index (χ4n) is 2.88. The molecular formula is C21H22Si. The van der Waals surface area contributed by atoms with Crippen molar-refractivity contribution in [3.05, 3.63) is 90.1 Å². The quantitative estimate of drug-likeness (QED) is 0.589. The van der Waals surface area contributed by atoms with Crippen molar-refractivity contribution >= 4 is 24.0 Å². The molecule has 0 heterocycles. The van der Waals surface area contributed by atoms with Crippen LogP contribution in [0.4, 0.5) is 0 Å². The fraction of sp³-hybridized carbons (Fsp3) is 0.143. The topological polar surface area (TPSA) is 0 Å². The molecule has 3 aromatic rings. The SMILES string of the molecule is C=C(Cc1ccc2ccccc2c1)[Si](C)(C)c1ccccc1. The first-order chi connectivity index (χ1) is 10.6. The first-order valence-electron chi connectivity index (χ1n) is 7.79. The molecule has 0 unspecified atom stereocenters. The van der Waals surface area contributed by atoms with Gasteiger partial charge in [-0.2, -0.15) is 0 Å². The van der Waals surface area contributed by atoms with Gasteiger partial charge in [0.05, 0.1) is 0 Å². The zero-order valence-corrected chi connectivity index (χ0v) is 14.3. The highest BCUT2D eigenvalue weighted by Gasteiger charge is 2.26. The minimum absolute atomic E-state index is 0.971. The molecule has 0 radical (unpaired) electrons. The molecule has 0 saturated carbocycles. The van der Waals surface area contributed by atoms with Gasteiger partial charge in [-0.3, -0.25) is 0 Å². The van der Waals surface area contributed by atoms with E-state index in [1.54, 1.807) is 0 Å². The largest absolute Gasteiger partial charge is 0.107 e. The molecule has 0 bridgehead atoms. The molecule has 0 spiro atoms. The third-order valence-corrected chi connectivity index (χ3v) is 8.33. The van der Waals surface area contributed by atoms with E-state index < -0.39 is 8.07 Å². The van der Waals surface area contributed by atoms with Gasteiger partial charge in [-0.25, -0.2) is 0 Å². The highest BCUT2D eigenvalue weighted by molar-refractivity contribution is 6.95. The van der Waals surface area contributed by atoms with Gasteiger partial charge >= 0.3 is 0 Å². The number of fused-ring (bicyclic) bond motifs is 1. The fourth-order valence-corrected chi connectivity index (χ4v) is 4.96. The lowest BCUT2D eigenvalue weighted by molar-refractivity contribution is 1.24. The summed E-state index contributed by atoms with van der Waals surface area (Å²) < 4.78 is 0. The second-order valence-electron chi connectivity index (χ2n) is 6.45. The summed E-state index contributed by atoms with van der Waals surface area (Å²) in [5, 5.41) is 5.46. The van der Waals surface area contributed by atoms with Crippen LogP contribution in [-0.2, 0) is 6.42 Å². The van der Waals surface area contributed by atoms with Gasteiger partial charge < -0.3 is 0 Å².